The van der Waals surface area contributed by atoms with E-state index in [0.717, 1.165) is 0 Å². The number of carbonyl (C=O) groups is 1. The van der Waals surface area contributed by atoms with Crippen molar-refractivity contribution in [3.8, 4) is 5.75 Å². The SMILES string of the molecule is CC(C)CC[C@H](O)[C@@](N)(O)c1cc(C=O)ccc1O.Cl. The molecule has 1 rings (SSSR count). The Hall–Kier alpha value is -1.14. The molecule has 0 heterocycles. The molecule has 0 unspecified atom stereocenters. The summed E-state index contributed by atoms with van der Waals surface area (Å²) in [5.41, 5.74) is 3.86. The first kappa shape index (κ1) is 18.9. The first-order valence-electron chi connectivity index (χ1n) is 6.27. The van der Waals surface area contributed by atoms with Crippen molar-refractivity contribution in [3.05, 3.63) is 29.3 Å². The van der Waals surface area contributed by atoms with Crippen molar-refractivity contribution in [2.75, 3.05) is 0 Å². The maximum Gasteiger partial charge on any atom is 0.169 e. The molecule has 1 aromatic rings. The van der Waals surface area contributed by atoms with Crippen LogP contribution in [0.5, 0.6) is 5.75 Å². The number of aromatic hydroxyl groups is 1. The molecule has 114 valence electrons. The van der Waals surface area contributed by atoms with Crippen LogP contribution >= 0.6 is 12.4 Å². The van der Waals surface area contributed by atoms with Crippen molar-refractivity contribution in [3.63, 3.8) is 0 Å². The minimum atomic E-state index is -2.09. The monoisotopic (exact) mass is 303 g/mol. The van der Waals surface area contributed by atoms with Crippen molar-refractivity contribution in [1.82, 2.24) is 0 Å². The van der Waals surface area contributed by atoms with Gasteiger partial charge in [0.1, 0.15) is 18.1 Å². The van der Waals surface area contributed by atoms with Crippen molar-refractivity contribution >= 4 is 18.7 Å². The maximum absolute atomic E-state index is 10.7. The normalized spacial score (nSPS) is 15.3. The van der Waals surface area contributed by atoms with E-state index >= 15 is 0 Å². The van der Waals surface area contributed by atoms with Crippen LogP contribution in [0.15, 0.2) is 18.2 Å². The van der Waals surface area contributed by atoms with Gasteiger partial charge in [0.15, 0.2) is 5.72 Å². The molecule has 1 aromatic carbocycles. The lowest BCUT2D eigenvalue weighted by Crippen LogP contribution is -2.48. The minimum absolute atomic E-state index is 0. The van der Waals surface area contributed by atoms with E-state index in [1.807, 2.05) is 13.8 Å². The summed E-state index contributed by atoms with van der Waals surface area (Å²) < 4.78 is 0. The average molecular weight is 304 g/mol. The molecule has 6 heteroatoms. The lowest BCUT2D eigenvalue weighted by Gasteiger charge is -2.30. The largest absolute Gasteiger partial charge is 0.508 e. The summed E-state index contributed by atoms with van der Waals surface area (Å²) in [5.74, 6) is 0.111. The first-order valence-corrected chi connectivity index (χ1v) is 6.27. The van der Waals surface area contributed by atoms with Gasteiger partial charge in [-0.25, -0.2) is 0 Å². The van der Waals surface area contributed by atoms with Crippen LogP contribution in [0, 0.1) is 5.92 Å². The molecule has 5 nitrogen and oxygen atoms in total. The molecule has 0 radical (unpaired) electrons. The van der Waals surface area contributed by atoms with E-state index in [-0.39, 0.29) is 29.3 Å². The maximum atomic E-state index is 10.7. The third-order valence-corrected chi connectivity index (χ3v) is 3.11. The summed E-state index contributed by atoms with van der Waals surface area (Å²) in [4.78, 5) is 10.7. The fourth-order valence-electron chi connectivity index (χ4n) is 1.84. The molecule has 0 aliphatic heterocycles. The molecule has 0 saturated heterocycles. The highest BCUT2D eigenvalue weighted by atomic mass is 35.5. The van der Waals surface area contributed by atoms with E-state index < -0.39 is 11.8 Å². The number of phenols is 1. The highest BCUT2D eigenvalue weighted by Gasteiger charge is 2.35. The molecule has 5 N–H and O–H groups in total. The van der Waals surface area contributed by atoms with Crippen LogP contribution in [-0.4, -0.2) is 27.7 Å². The number of hydrogen-bond acceptors (Lipinski definition) is 5. The van der Waals surface area contributed by atoms with Crippen LogP contribution in [0.3, 0.4) is 0 Å². The fourth-order valence-corrected chi connectivity index (χ4v) is 1.84. The Morgan fingerprint density at radius 3 is 2.45 bits per heavy atom. The number of aliphatic hydroxyl groups is 2. The Morgan fingerprint density at radius 1 is 1.35 bits per heavy atom. The molecule has 0 bridgehead atoms. The zero-order chi connectivity index (χ0) is 14.6. The zero-order valence-electron chi connectivity index (χ0n) is 11.6. The number of rotatable bonds is 6. The lowest BCUT2D eigenvalue weighted by atomic mass is 9.91. The second-order valence-corrected chi connectivity index (χ2v) is 5.21. The smallest absolute Gasteiger partial charge is 0.169 e. The van der Waals surface area contributed by atoms with Crippen molar-refractivity contribution < 1.29 is 20.1 Å². The van der Waals surface area contributed by atoms with Crippen molar-refractivity contribution in [2.45, 2.75) is 38.5 Å². The van der Waals surface area contributed by atoms with Crippen LogP contribution in [0.25, 0.3) is 0 Å². The number of phenolic OH excluding ortho intramolecular Hbond substituents is 1. The fraction of sp³-hybridized carbons (Fsp3) is 0.500. The molecule has 2 atom stereocenters. The predicted octanol–water partition coefficient (Wildman–Crippen LogP) is 1.53. The second kappa shape index (κ2) is 7.59. The molecular weight excluding hydrogens is 282 g/mol. The van der Waals surface area contributed by atoms with Gasteiger partial charge in [0.2, 0.25) is 0 Å². The third-order valence-electron chi connectivity index (χ3n) is 3.11. The van der Waals surface area contributed by atoms with Gasteiger partial charge in [-0.2, -0.15) is 0 Å². The standard InChI is InChI=1S/C14H21NO4.ClH/c1-9(2)3-6-13(18)14(15,19)11-7-10(8-16)4-5-12(11)17;/h4-5,7-9,13,17-19H,3,6,15H2,1-2H3;1H/t13-,14-;/m0./s1. The van der Waals surface area contributed by atoms with Gasteiger partial charge in [-0.15, -0.1) is 12.4 Å². The van der Waals surface area contributed by atoms with Gasteiger partial charge in [0.05, 0.1) is 0 Å². The third kappa shape index (κ3) is 4.45. The number of benzene rings is 1. The molecule has 0 fully saturated rings. The number of carbonyl (C=O) groups excluding carboxylic acids is 1. The van der Waals surface area contributed by atoms with Gasteiger partial charge in [0, 0.05) is 11.1 Å². The molecular formula is C14H22ClNO4. The van der Waals surface area contributed by atoms with E-state index in [9.17, 15) is 20.1 Å². The van der Waals surface area contributed by atoms with Gasteiger partial charge < -0.3 is 15.3 Å². The topological polar surface area (TPSA) is 104 Å². The highest BCUT2D eigenvalue weighted by molar-refractivity contribution is 5.85. The lowest BCUT2D eigenvalue weighted by molar-refractivity contribution is -0.0824. The van der Waals surface area contributed by atoms with Gasteiger partial charge in [-0.3, -0.25) is 10.5 Å². The van der Waals surface area contributed by atoms with E-state index in [1.54, 1.807) is 0 Å². The summed E-state index contributed by atoms with van der Waals surface area (Å²) in [7, 11) is 0. The molecule has 0 aromatic heterocycles. The number of nitrogens with two attached hydrogens (primary N) is 1. The predicted molar refractivity (Wildman–Crippen MR) is 78.9 cm³/mol. The van der Waals surface area contributed by atoms with Crippen LogP contribution < -0.4 is 5.73 Å². The van der Waals surface area contributed by atoms with Crippen LogP contribution in [0.4, 0.5) is 0 Å². The Kier molecular flexibility index (Phi) is 7.16. The van der Waals surface area contributed by atoms with Crippen LogP contribution in [0.2, 0.25) is 0 Å². The number of aliphatic hydroxyl groups excluding tert-OH is 1. The second-order valence-electron chi connectivity index (χ2n) is 5.21. The Morgan fingerprint density at radius 2 is 1.95 bits per heavy atom. The van der Waals surface area contributed by atoms with Gasteiger partial charge >= 0.3 is 0 Å². The molecule has 0 spiro atoms. The van der Waals surface area contributed by atoms with E-state index in [1.165, 1.54) is 18.2 Å². The molecule has 0 saturated carbocycles. The molecule has 0 aliphatic carbocycles. The summed E-state index contributed by atoms with van der Waals surface area (Å²) in [6.45, 7) is 3.99. The van der Waals surface area contributed by atoms with Gasteiger partial charge in [0.25, 0.3) is 0 Å². The van der Waals surface area contributed by atoms with Crippen LogP contribution in [0.1, 0.15) is 42.6 Å². The average Bonchev–Trinajstić information content (AvgIpc) is 2.36. The zero-order valence-corrected chi connectivity index (χ0v) is 12.4. The first-order chi connectivity index (χ1) is 8.78. The summed E-state index contributed by atoms with van der Waals surface area (Å²) >= 11 is 0. The Bertz CT molecular complexity index is 449. The van der Waals surface area contributed by atoms with Crippen molar-refractivity contribution in [2.24, 2.45) is 11.7 Å². The summed E-state index contributed by atoms with van der Waals surface area (Å²) in [6.07, 6.45) is 0.353. The van der Waals surface area contributed by atoms with Crippen LogP contribution in [-0.2, 0) is 5.72 Å². The van der Waals surface area contributed by atoms with Gasteiger partial charge in [-0.05, 0) is 37.0 Å². The number of hydrogen-bond donors (Lipinski definition) is 4. The van der Waals surface area contributed by atoms with Crippen molar-refractivity contribution in [1.29, 1.82) is 0 Å². The molecule has 0 amide bonds. The van der Waals surface area contributed by atoms with E-state index in [0.29, 0.717) is 25.0 Å². The van der Waals surface area contributed by atoms with Gasteiger partial charge in [-0.1, -0.05) is 13.8 Å². The summed E-state index contributed by atoms with van der Waals surface area (Å²) in [6, 6.07) is 3.95. The number of halogens is 1. The molecule has 20 heavy (non-hydrogen) atoms. The quantitative estimate of drug-likeness (QED) is 0.471. The Labute approximate surface area is 124 Å². The molecule has 0 aliphatic rings. The summed E-state index contributed by atoms with van der Waals surface area (Å²) in [5, 5.41) is 29.9. The minimum Gasteiger partial charge on any atom is -0.508 e. The Balaban J connectivity index is 0.00000361. The number of aldehydes is 1. The van der Waals surface area contributed by atoms with E-state index in [4.69, 9.17) is 5.73 Å². The highest BCUT2D eigenvalue weighted by Crippen LogP contribution is 2.30. The van der Waals surface area contributed by atoms with E-state index in [2.05, 4.69) is 0 Å².